The number of aromatic amines is 2. The Morgan fingerprint density at radius 2 is 2.08 bits per heavy atom. The Balaban J connectivity index is 1.50. The molecule has 8 heteroatoms. The molecule has 0 bridgehead atoms. The molecule has 1 aliphatic rings. The van der Waals surface area contributed by atoms with Gasteiger partial charge in [-0.3, -0.25) is 19.4 Å². The van der Waals surface area contributed by atoms with E-state index in [2.05, 4.69) is 30.2 Å². The van der Waals surface area contributed by atoms with Crippen molar-refractivity contribution in [1.82, 2.24) is 20.3 Å². The summed E-state index contributed by atoms with van der Waals surface area (Å²) in [6.45, 7) is 0. The number of anilines is 1. The third-order valence-corrected chi connectivity index (χ3v) is 4.47. The predicted molar refractivity (Wildman–Crippen MR) is 90.3 cm³/mol. The van der Waals surface area contributed by atoms with Crippen molar-refractivity contribution in [3.05, 3.63) is 52.1 Å². The number of aromatic nitrogens is 4. The van der Waals surface area contributed by atoms with E-state index in [0.29, 0.717) is 22.9 Å². The molecule has 0 atom stereocenters. The maximum Gasteiger partial charge on any atom is 0.439 e. The monoisotopic (exact) mass is 339 g/mol. The van der Waals surface area contributed by atoms with Crippen LogP contribution in [0.15, 0.2) is 39.6 Å². The van der Waals surface area contributed by atoms with Crippen LogP contribution in [0.4, 0.5) is 5.82 Å². The predicted octanol–water partition coefficient (Wildman–Crippen LogP) is 2.66. The summed E-state index contributed by atoms with van der Waals surface area (Å²) in [5, 5.41) is 13.6. The Morgan fingerprint density at radius 3 is 2.84 bits per heavy atom. The van der Waals surface area contributed by atoms with E-state index in [1.807, 2.05) is 6.07 Å². The smallest absolute Gasteiger partial charge is 0.305 e. The maximum absolute atomic E-state index is 12.5. The molecule has 0 saturated heterocycles. The van der Waals surface area contributed by atoms with E-state index in [0.717, 1.165) is 18.5 Å². The minimum atomic E-state index is -0.638. The molecule has 0 spiro atoms. The van der Waals surface area contributed by atoms with Crippen LogP contribution in [0.2, 0.25) is 0 Å². The Hall–Kier alpha value is -3.16. The molecule has 0 aliphatic heterocycles. The van der Waals surface area contributed by atoms with E-state index in [4.69, 9.17) is 0 Å². The average molecular weight is 339 g/mol. The van der Waals surface area contributed by atoms with Gasteiger partial charge >= 0.3 is 5.76 Å². The van der Waals surface area contributed by atoms with Gasteiger partial charge in [-0.15, -0.1) is 0 Å². The summed E-state index contributed by atoms with van der Waals surface area (Å²) in [7, 11) is 0. The minimum Gasteiger partial charge on any atom is -0.305 e. The van der Waals surface area contributed by atoms with Gasteiger partial charge in [0.25, 0.3) is 5.91 Å². The lowest BCUT2D eigenvalue weighted by molar-refractivity contribution is 0.102. The summed E-state index contributed by atoms with van der Waals surface area (Å²) in [5.41, 5.74) is 2.10. The normalized spacial score (nSPS) is 14.7. The molecular formula is C17H17N5O3. The maximum atomic E-state index is 12.5. The SMILES string of the molecule is O=C(Nc1cc(C2CCCC2)[nH]n1)c1cccc(-c2noc(=O)[nH]2)c1. The standard InChI is InChI=1S/C17H17N5O3/c23-16(18-14-9-13(20-21-14)10-4-1-2-5-10)12-7-3-6-11(8-12)15-19-17(24)25-22-15/h3,6-10H,1-2,4-5H2,(H,19,22,24)(H2,18,20,21,23). The third kappa shape index (κ3) is 3.23. The van der Waals surface area contributed by atoms with Crippen LogP contribution in [0, 0.1) is 0 Å². The van der Waals surface area contributed by atoms with Crippen LogP contribution in [-0.4, -0.2) is 26.2 Å². The Labute approximate surface area is 142 Å². The highest BCUT2D eigenvalue weighted by Crippen LogP contribution is 2.33. The van der Waals surface area contributed by atoms with Crippen molar-refractivity contribution in [1.29, 1.82) is 0 Å². The minimum absolute atomic E-state index is 0.280. The first-order chi connectivity index (χ1) is 12.2. The quantitative estimate of drug-likeness (QED) is 0.675. The molecule has 128 valence electrons. The molecule has 0 radical (unpaired) electrons. The number of amides is 1. The molecule has 1 amide bonds. The van der Waals surface area contributed by atoms with Gasteiger partial charge in [0.1, 0.15) is 0 Å². The first-order valence-electron chi connectivity index (χ1n) is 8.22. The Kier molecular flexibility index (Phi) is 3.93. The van der Waals surface area contributed by atoms with E-state index in [1.54, 1.807) is 24.3 Å². The van der Waals surface area contributed by atoms with E-state index >= 15 is 0 Å². The average Bonchev–Trinajstić information content (AvgIpc) is 3.36. The lowest BCUT2D eigenvalue weighted by atomic mass is 10.0. The van der Waals surface area contributed by atoms with Crippen LogP contribution in [-0.2, 0) is 0 Å². The van der Waals surface area contributed by atoms with E-state index in [-0.39, 0.29) is 11.7 Å². The Bertz CT molecular complexity index is 949. The molecule has 1 saturated carbocycles. The lowest BCUT2D eigenvalue weighted by Crippen LogP contribution is -2.12. The summed E-state index contributed by atoms with van der Waals surface area (Å²) in [4.78, 5) is 26.0. The first-order valence-corrected chi connectivity index (χ1v) is 8.22. The molecule has 1 aliphatic carbocycles. The van der Waals surface area contributed by atoms with Gasteiger partial charge in [-0.1, -0.05) is 30.1 Å². The number of benzene rings is 1. The van der Waals surface area contributed by atoms with Crippen LogP contribution in [0.25, 0.3) is 11.4 Å². The lowest BCUT2D eigenvalue weighted by Gasteiger charge is -2.04. The number of hydrogen-bond donors (Lipinski definition) is 3. The highest BCUT2D eigenvalue weighted by molar-refractivity contribution is 6.04. The van der Waals surface area contributed by atoms with Crippen molar-refractivity contribution in [3.8, 4) is 11.4 Å². The zero-order valence-electron chi connectivity index (χ0n) is 13.4. The summed E-state index contributed by atoms with van der Waals surface area (Å²) >= 11 is 0. The molecule has 25 heavy (non-hydrogen) atoms. The van der Waals surface area contributed by atoms with Gasteiger partial charge in [-0.25, -0.2) is 4.79 Å². The largest absolute Gasteiger partial charge is 0.439 e. The molecule has 4 rings (SSSR count). The number of carbonyl (C=O) groups excluding carboxylic acids is 1. The fourth-order valence-electron chi connectivity index (χ4n) is 3.20. The number of carbonyl (C=O) groups is 1. The second-order valence-electron chi connectivity index (χ2n) is 6.17. The van der Waals surface area contributed by atoms with Crippen LogP contribution in [0.1, 0.15) is 47.7 Å². The van der Waals surface area contributed by atoms with Gasteiger partial charge in [-0.2, -0.15) is 5.10 Å². The summed E-state index contributed by atoms with van der Waals surface area (Å²) in [6, 6.07) is 8.66. The molecule has 1 aromatic carbocycles. The van der Waals surface area contributed by atoms with E-state index in [1.165, 1.54) is 12.8 Å². The van der Waals surface area contributed by atoms with Gasteiger partial charge in [0, 0.05) is 28.8 Å². The first kappa shape index (κ1) is 15.4. The zero-order valence-corrected chi connectivity index (χ0v) is 13.4. The van der Waals surface area contributed by atoms with Gasteiger partial charge in [-0.05, 0) is 25.0 Å². The molecule has 3 aromatic rings. The summed E-state index contributed by atoms with van der Waals surface area (Å²) in [6.07, 6.45) is 4.80. The number of nitrogens with one attached hydrogen (secondary N) is 3. The Morgan fingerprint density at radius 1 is 1.24 bits per heavy atom. The third-order valence-electron chi connectivity index (χ3n) is 4.47. The van der Waals surface area contributed by atoms with E-state index < -0.39 is 5.76 Å². The summed E-state index contributed by atoms with van der Waals surface area (Å²) < 4.78 is 4.49. The van der Waals surface area contributed by atoms with Crippen molar-refractivity contribution in [2.75, 3.05) is 5.32 Å². The molecule has 0 unspecified atom stereocenters. The molecule has 8 nitrogen and oxygen atoms in total. The van der Waals surface area contributed by atoms with Gasteiger partial charge in [0.05, 0.1) is 0 Å². The summed E-state index contributed by atoms with van der Waals surface area (Å²) in [5.74, 6) is 0.374. The number of H-pyrrole nitrogens is 2. The molecule has 3 N–H and O–H groups in total. The van der Waals surface area contributed by atoms with Crippen LogP contribution in [0.5, 0.6) is 0 Å². The van der Waals surface area contributed by atoms with Gasteiger partial charge in [0.15, 0.2) is 11.6 Å². The van der Waals surface area contributed by atoms with Crippen molar-refractivity contribution < 1.29 is 9.32 Å². The van der Waals surface area contributed by atoms with Crippen molar-refractivity contribution in [3.63, 3.8) is 0 Å². The highest BCUT2D eigenvalue weighted by Gasteiger charge is 2.20. The zero-order chi connectivity index (χ0) is 17.2. The molecular weight excluding hydrogens is 322 g/mol. The van der Waals surface area contributed by atoms with Crippen LogP contribution < -0.4 is 11.1 Å². The second-order valence-corrected chi connectivity index (χ2v) is 6.17. The molecule has 2 heterocycles. The van der Waals surface area contributed by atoms with Gasteiger partial charge < -0.3 is 5.32 Å². The molecule has 1 fully saturated rings. The van der Waals surface area contributed by atoms with Crippen molar-refractivity contribution in [2.45, 2.75) is 31.6 Å². The fraction of sp³-hybridized carbons (Fsp3) is 0.294. The van der Waals surface area contributed by atoms with Crippen molar-refractivity contribution in [2.24, 2.45) is 0 Å². The topological polar surface area (TPSA) is 117 Å². The number of hydrogen-bond acceptors (Lipinski definition) is 5. The highest BCUT2D eigenvalue weighted by atomic mass is 16.5. The van der Waals surface area contributed by atoms with Crippen molar-refractivity contribution >= 4 is 11.7 Å². The second kappa shape index (κ2) is 6.39. The fourth-order valence-corrected chi connectivity index (χ4v) is 3.20. The van der Waals surface area contributed by atoms with Crippen LogP contribution >= 0.6 is 0 Å². The number of rotatable bonds is 4. The molecule has 2 aromatic heterocycles. The number of nitrogens with zero attached hydrogens (tertiary/aromatic N) is 2. The van der Waals surface area contributed by atoms with Gasteiger partial charge in [0.2, 0.25) is 0 Å². The van der Waals surface area contributed by atoms with E-state index in [9.17, 15) is 9.59 Å². The van der Waals surface area contributed by atoms with Crippen LogP contribution in [0.3, 0.4) is 0 Å².